The number of amides is 2. The summed E-state index contributed by atoms with van der Waals surface area (Å²) >= 11 is 5.75. The standard InChI is InChI=1S/C19H16ClFN4O/c20-16-3-4-18(17(21)10-16)24-19(26)25(12-14-5-8-22-9-6-14)13-15-2-1-7-23-11-15/h1-11H,12-13H2,(H,24,26). The Morgan fingerprint density at radius 1 is 1.04 bits per heavy atom. The second kappa shape index (κ2) is 8.40. The molecule has 0 fully saturated rings. The molecule has 132 valence electrons. The highest BCUT2D eigenvalue weighted by Crippen LogP contribution is 2.20. The third-order valence-electron chi connectivity index (χ3n) is 3.68. The minimum absolute atomic E-state index is 0.0744. The topological polar surface area (TPSA) is 58.1 Å². The third-order valence-corrected chi connectivity index (χ3v) is 3.91. The summed E-state index contributed by atoms with van der Waals surface area (Å²) in [5.41, 5.74) is 1.86. The first-order valence-corrected chi connectivity index (χ1v) is 8.28. The Morgan fingerprint density at radius 2 is 1.81 bits per heavy atom. The van der Waals surface area contributed by atoms with Crippen LogP contribution in [0, 0.1) is 5.82 Å². The molecule has 7 heteroatoms. The van der Waals surface area contributed by atoms with Gasteiger partial charge in [0.1, 0.15) is 5.82 Å². The van der Waals surface area contributed by atoms with Gasteiger partial charge >= 0.3 is 6.03 Å². The lowest BCUT2D eigenvalue weighted by Gasteiger charge is -2.23. The number of carbonyl (C=O) groups excluding carboxylic acids is 1. The number of aromatic nitrogens is 2. The van der Waals surface area contributed by atoms with E-state index in [0.717, 1.165) is 17.2 Å². The van der Waals surface area contributed by atoms with Crippen LogP contribution >= 0.6 is 11.6 Å². The van der Waals surface area contributed by atoms with E-state index in [-0.39, 0.29) is 10.7 Å². The molecule has 2 heterocycles. The van der Waals surface area contributed by atoms with Crippen LogP contribution in [0.4, 0.5) is 14.9 Å². The van der Waals surface area contributed by atoms with Gasteiger partial charge in [0.2, 0.25) is 0 Å². The van der Waals surface area contributed by atoms with Crippen LogP contribution in [0.3, 0.4) is 0 Å². The molecule has 1 aromatic carbocycles. The number of urea groups is 1. The Labute approximate surface area is 155 Å². The van der Waals surface area contributed by atoms with E-state index < -0.39 is 11.8 Å². The smallest absolute Gasteiger partial charge is 0.316 e. The van der Waals surface area contributed by atoms with Crippen molar-refractivity contribution in [2.45, 2.75) is 13.1 Å². The predicted octanol–water partition coefficient (Wildman–Crippen LogP) is 4.50. The van der Waals surface area contributed by atoms with Crippen LogP contribution in [0.5, 0.6) is 0 Å². The van der Waals surface area contributed by atoms with Crippen molar-refractivity contribution < 1.29 is 9.18 Å². The minimum Gasteiger partial charge on any atom is -0.316 e. The van der Waals surface area contributed by atoms with Crippen LogP contribution in [0.1, 0.15) is 11.1 Å². The van der Waals surface area contributed by atoms with Gasteiger partial charge in [-0.05, 0) is 47.5 Å². The van der Waals surface area contributed by atoms with Gasteiger partial charge in [0, 0.05) is 42.9 Å². The second-order valence-electron chi connectivity index (χ2n) is 5.63. The molecule has 0 aliphatic rings. The highest BCUT2D eigenvalue weighted by atomic mass is 35.5. The van der Waals surface area contributed by atoms with Crippen molar-refractivity contribution in [2.24, 2.45) is 0 Å². The largest absolute Gasteiger partial charge is 0.322 e. The Balaban J connectivity index is 1.80. The Kier molecular flexibility index (Phi) is 5.76. The molecule has 0 saturated heterocycles. The molecule has 0 saturated carbocycles. The number of pyridine rings is 2. The molecule has 0 bridgehead atoms. The van der Waals surface area contributed by atoms with Gasteiger partial charge in [-0.15, -0.1) is 0 Å². The second-order valence-corrected chi connectivity index (χ2v) is 6.06. The molecule has 26 heavy (non-hydrogen) atoms. The molecule has 2 aromatic heterocycles. The highest BCUT2D eigenvalue weighted by Gasteiger charge is 2.17. The molecular weight excluding hydrogens is 355 g/mol. The van der Waals surface area contributed by atoms with Crippen molar-refractivity contribution >= 4 is 23.3 Å². The number of hydrogen-bond donors (Lipinski definition) is 1. The van der Waals surface area contributed by atoms with Crippen LogP contribution in [-0.4, -0.2) is 20.9 Å². The molecule has 0 spiro atoms. The SMILES string of the molecule is O=C(Nc1ccc(Cl)cc1F)N(Cc1ccncc1)Cc1cccnc1. The number of nitrogens with zero attached hydrogens (tertiary/aromatic N) is 3. The van der Waals surface area contributed by atoms with Crippen LogP contribution in [0.25, 0.3) is 0 Å². The zero-order valence-corrected chi connectivity index (χ0v) is 14.5. The summed E-state index contributed by atoms with van der Waals surface area (Å²) in [7, 11) is 0. The van der Waals surface area contributed by atoms with Crippen molar-refractivity contribution in [2.75, 3.05) is 5.32 Å². The average Bonchev–Trinajstić information content (AvgIpc) is 2.65. The third kappa shape index (κ3) is 4.77. The number of halogens is 2. The van der Waals surface area contributed by atoms with E-state index in [1.807, 2.05) is 18.2 Å². The number of hydrogen-bond acceptors (Lipinski definition) is 3. The molecule has 3 rings (SSSR count). The number of nitrogens with one attached hydrogen (secondary N) is 1. The predicted molar refractivity (Wildman–Crippen MR) is 98.1 cm³/mol. The van der Waals surface area contributed by atoms with Gasteiger partial charge in [0.25, 0.3) is 0 Å². The van der Waals surface area contributed by atoms with Crippen molar-refractivity contribution in [1.29, 1.82) is 0 Å². The Morgan fingerprint density at radius 3 is 2.50 bits per heavy atom. The van der Waals surface area contributed by atoms with E-state index in [2.05, 4.69) is 15.3 Å². The lowest BCUT2D eigenvalue weighted by molar-refractivity contribution is 0.206. The number of anilines is 1. The molecule has 5 nitrogen and oxygen atoms in total. The van der Waals surface area contributed by atoms with Crippen LogP contribution in [-0.2, 0) is 13.1 Å². The van der Waals surface area contributed by atoms with Gasteiger partial charge in [0.15, 0.2) is 0 Å². The normalized spacial score (nSPS) is 10.4. The molecule has 0 atom stereocenters. The minimum atomic E-state index is -0.587. The highest BCUT2D eigenvalue weighted by molar-refractivity contribution is 6.30. The van der Waals surface area contributed by atoms with E-state index in [0.29, 0.717) is 13.1 Å². The van der Waals surface area contributed by atoms with E-state index in [9.17, 15) is 9.18 Å². The molecule has 0 aliphatic carbocycles. The zero-order valence-electron chi connectivity index (χ0n) is 13.8. The first kappa shape index (κ1) is 17.8. The summed E-state index contributed by atoms with van der Waals surface area (Å²) < 4.78 is 14.0. The maximum absolute atomic E-state index is 14.0. The summed E-state index contributed by atoms with van der Waals surface area (Å²) in [5, 5.41) is 2.86. The van der Waals surface area contributed by atoms with Crippen molar-refractivity contribution in [3.05, 3.63) is 89.2 Å². The van der Waals surface area contributed by atoms with E-state index in [1.54, 1.807) is 35.8 Å². The van der Waals surface area contributed by atoms with E-state index in [4.69, 9.17) is 11.6 Å². The maximum Gasteiger partial charge on any atom is 0.322 e. The molecule has 1 N–H and O–H groups in total. The summed E-state index contributed by atoms with van der Waals surface area (Å²) in [6.07, 6.45) is 6.68. The number of rotatable bonds is 5. The van der Waals surface area contributed by atoms with Gasteiger partial charge < -0.3 is 10.2 Å². The fourth-order valence-corrected chi connectivity index (χ4v) is 2.56. The summed E-state index contributed by atoms with van der Waals surface area (Å²) in [6.45, 7) is 0.676. The Hall–Kier alpha value is -2.99. The van der Waals surface area contributed by atoms with E-state index in [1.165, 1.54) is 12.1 Å². The van der Waals surface area contributed by atoms with E-state index >= 15 is 0 Å². The van der Waals surface area contributed by atoms with Crippen LogP contribution < -0.4 is 5.32 Å². The molecular formula is C19H16ClFN4O. The fraction of sp³-hybridized carbons (Fsp3) is 0.105. The van der Waals surface area contributed by atoms with Gasteiger partial charge in [-0.1, -0.05) is 17.7 Å². The Bertz CT molecular complexity index is 836. The van der Waals surface area contributed by atoms with Crippen molar-refractivity contribution in [3.8, 4) is 0 Å². The molecule has 0 aliphatic heterocycles. The van der Waals surface area contributed by atoms with Crippen LogP contribution in [0.15, 0.2) is 67.3 Å². The van der Waals surface area contributed by atoms with Gasteiger partial charge in [-0.2, -0.15) is 0 Å². The lowest BCUT2D eigenvalue weighted by atomic mass is 10.2. The number of carbonyl (C=O) groups is 1. The summed E-state index contributed by atoms with van der Waals surface area (Å²) in [6, 6.07) is 11.0. The average molecular weight is 371 g/mol. The maximum atomic E-state index is 14.0. The first-order chi connectivity index (χ1) is 12.6. The molecule has 0 radical (unpaired) electrons. The molecule has 3 aromatic rings. The summed E-state index contributed by atoms with van der Waals surface area (Å²) in [5.74, 6) is -0.587. The van der Waals surface area contributed by atoms with Gasteiger partial charge in [0.05, 0.1) is 5.69 Å². The molecule has 2 amide bonds. The quantitative estimate of drug-likeness (QED) is 0.719. The van der Waals surface area contributed by atoms with Gasteiger partial charge in [-0.3, -0.25) is 9.97 Å². The lowest BCUT2D eigenvalue weighted by Crippen LogP contribution is -2.34. The number of benzene rings is 1. The summed E-state index contributed by atoms with van der Waals surface area (Å²) in [4.78, 5) is 22.4. The monoisotopic (exact) mass is 370 g/mol. The molecule has 0 unspecified atom stereocenters. The van der Waals surface area contributed by atoms with Crippen LogP contribution in [0.2, 0.25) is 5.02 Å². The first-order valence-electron chi connectivity index (χ1n) is 7.90. The van der Waals surface area contributed by atoms with Crippen molar-refractivity contribution in [3.63, 3.8) is 0 Å². The fourth-order valence-electron chi connectivity index (χ4n) is 2.41. The zero-order chi connectivity index (χ0) is 18.4. The van der Waals surface area contributed by atoms with Crippen molar-refractivity contribution in [1.82, 2.24) is 14.9 Å². The van der Waals surface area contributed by atoms with Gasteiger partial charge in [-0.25, -0.2) is 9.18 Å².